The second-order valence-electron chi connectivity index (χ2n) is 6.55. The molecule has 0 unspecified atom stereocenters. The minimum atomic E-state index is -0.439. The number of halogens is 1. The summed E-state index contributed by atoms with van der Waals surface area (Å²) in [5.74, 6) is 1.04. The molecule has 0 atom stereocenters. The summed E-state index contributed by atoms with van der Waals surface area (Å²) < 4.78 is 18.8. The molecule has 1 aromatic heterocycles. The average molecular weight is 353 g/mol. The predicted molar refractivity (Wildman–Crippen MR) is 96.9 cm³/mol. The van der Waals surface area contributed by atoms with E-state index < -0.39 is 5.82 Å². The summed E-state index contributed by atoms with van der Waals surface area (Å²) in [5.41, 5.74) is 2.27. The SMILES string of the molecule is COc1ccc(F)cc1C(=O)N1CCC(c2nc3ccccc3[nH]2)CC1. The van der Waals surface area contributed by atoms with Gasteiger partial charge in [-0.15, -0.1) is 0 Å². The molecule has 0 aliphatic carbocycles. The van der Waals surface area contributed by atoms with Crippen LogP contribution >= 0.6 is 0 Å². The van der Waals surface area contributed by atoms with Crippen LogP contribution in [0.5, 0.6) is 5.75 Å². The number of amides is 1. The van der Waals surface area contributed by atoms with Crippen LogP contribution in [0.4, 0.5) is 4.39 Å². The van der Waals surface area contributed by atoms with Crippen LogP contribution < -0.4 is 4.74 Å². The lowest BCUT2D eigenvalue weighted by atomic mass is 9.95. The number of fused-ring (bicyclic) bond motifs is 1. The highest BCUT2D eigenvalue weighted by Gasteiger charge is 2.28. The number of hydrogen-bond donors (Lipinski definition) is 1. The van der Waals surface area contributed by atoms with Crippen LogP contribution in [0.1, 0.15) is 34.9 Å². The van der Waals surface area contributed by atoms with E-state index in [0.717, 1.165) is 29.7 Å². The fraction of sp³-hybridized carbons (Fsp3) is 0.300. The first kappa shape index (κ1) is 16.6. The molecule has 134 valence electrons. The number of carbonyl (C=O) groups excluding carboxylic acids is 1. The van der Waals surface area contributed by atoms with Gasteiger partial charge in [0.15, 0.2) is 0 Å². The van der Waals surface area contributed by atoms with Crippen molar-refractivity contribution in [2.75, 3.05) is 20.2 Å². The number of likely N-dealkylation sites (tertiary alicyclic amines) is 1. The Labute approximate surface area is 150 Å². The minimum absolute atomic E-state index is 0.190. The van der Waals surface area contributed by atoms with Crippen LogP contribution in [0.3, 0.4) is 0 Å². The number of nitrogens with one attached hydrogen (secondary N) is 1. The first-order valence-corrected chi connectivity index (χ1v) is 8.73. The first-order chi connectivity index (χ1) is 12.7. The number of methoxy groups -OCH3 is 1. The second kappa shape index (κ2) is 6.78. The van der Waals surface area contributed by atoms with Gasteiger partial charge in [0, 0.05) is 19.0 Å². The maximum atomic E-state index is 13.6. The number of rotatable bonds is 3. The summed E-state index contributed by atoms with van der Waals surface area (Å²) in [6.07, 6.45) is 1.65. The Morgan fingerprint density at radius 1 is 1.23 bits per heavy atom. The Morgan fingerprint density at radius 3 is 2.73 bits per heavy atom. The number of nitrogens with zero attached hydrogens (tertiary/aromatic N) is 2. The summed E-state index contributed by atoms with van der Waals surface area (Å²) in [7, 11) is 1.48. The zero-order chi connectivity index (χ0) is 18.1. The molecule has 26 heavy (non-hydrogen) atoms. The monoisotopic (exact) mass is 353 g/mol. The van der Waals surface area contributed by atoms with Crippen LogP contribution in [0.2, 0.25) is 0 Å². The number of aromatic nitrogens is 2. The third-order valence-electron chi connectivity index (χ3n) is 4.97. The highest BCUT2D eigenvalue weighted by Crippen LogP contribution is 2.29. The Hall–Kier alpha value is -2.89. The molecule has 1 saturated heterocycles. The van der Waals surface area contributed by atoms with Crippen LogP contribution in [0.15, 0.2) is 42.5 Å². The summed E-state index contributed by atoms with van der Waals surface area (Å²) in [5, 5.41) is 0. The number of hydrogen-bond acceptors (Lipinski definition) is 3. The molecule has 0 spiro atoms. The maximum Gasteiger partial charge on any atom is 0.257 e. The third-order valence-corrected chi connectivity index (χ3v) is 4.97. The third kappa shape index (κ3) is 3.03. The van der Waals surface area contributed by atoms with Gasteiger partial charge in [-0.3, -0.25) is 4.79 Å². The van der Waals surface area contributed by atoms with Crippen molar-refractivity contribution < 1.29 is 13.9 Å². The fourth-order valence-electron chi connectivity index (χ4n) is 3.54. The van der Waals surface area contributed by atoms with Gasteiger partial charge < -0.3 is 14.6 Å². The number of piperidine rings is 1. The van der Waals surface area contributed by atoms with E-state index in [1.165, 1.54) is 25.3 Å². The molecule has 2 aromatic carbocycles. The summed E-state index contributed by atoms with van der Waals surface area (Å²) in [6.45, 7) is 1.22. The molecular formula is C20H20FN3O2. The standard InChI is InChI=1S/C20H20FN3O2/c1-26-18-7-6-14(21)12-15(18)20(25)24-10-8-13(9-11-24)19-22-16-4-2-3-5-17(16)23-19/h2-7,12-13H,8-11H2,1H3,(H,22,23). The van der Waals surface area contributed by atoms with E-state index in [-0.39, 0.29) is 11.5 Å². The summed E-state index contributed by atoms with van der Waals surface area (Å²) in [6, 6.07) is 12.0. The lowest BCUT2D eigenvalue weighted by molar-refractivity contribution is 0.0707. The van der Waals surface area contributed by atoms with Crippen molar-refractivity contribution in [3.8, 4) is 5.75 Å². The van der Waals surface area contributed by atoms with Gasteiger partial charge in [0.1, 0.15) is 17.4 Å². The van der Waals surface area contributed by atoms with Crippen molar-refractivity contribution in [1.29, 1.82) is 0 Å². The molecule has 1 aliphatic heterocycles. The molecule has 3 aromatic rings. The fourth-order valence-corrected chi connectivity index (χ4v) is 3.54. The number of benzene rings is 2. The van der Waals surface area contributed by atoms with E-state index in [1.54, 1.807) is 4.90 Å². The molecule has 1 fully saturated rings. The highest BCUT2D eigenvalue weighted by molar-refractivity contribution is 5.97. The smallest absolute Gasteiger partial charge is 0.257 e. The van der Waals surface area contributed by atoms with E-state index in [4.69, 9.17) is 4.74 Å². The van der Waals surface area contributed by atoms with Crippen molar-refractivity contribution in [3.05, 3.63) is 59.7 Å². The molecule has 4 rings (SSSR count). The van der Waals surface area contributed by atoms with Gasteiger partial charge in [0.05, 0.1) is 23.7 Å². The Morgan fingerprint density at radius 2 is 2.00 bits per heavy atom. The minimum Gasteiger partial charge on any atom is -0.496 e. The van der Waals surface area contributed by atoms with Crippen molar-refractivity contribution in [2.24, 2.45) is 0 Å². The quantitative estimate of drug-likeness (QED) is 0.780. The van der Waals surface area contributed by atoms with Crippen LogP contribution in [0, 0.1) is 5.82 Å². The number of aromatic amines is 1. The van der Waals surface area contributed by atoms with Crippen molar-refractivity contribution in [3.63, 3.8) is 0 Å². The molecule has 6 heteroatoms. The molecule has 1 aliphatic rings. The highest BCUT2D eigenvalue weighted by atomic mass is 19.1. The van der Waals surface area contributed by atoms with Crippen molar-refractivity contribution in [1.82, 2.24) is 14.9 Å². The molecular weight excluding hydrogens is 333 g/mol. The van der Waals surface area contributed by atoms with Gasteiger partial charge in [0.25, 0.3) is 5.91 Å². The number of ether oxygens (including phenoxy) is 1. The van der Waals surface area contributed by atoms with Gasteiger partial charge in [-0.25, -0.2) is 9.37 Å². The van der Waals surface area contributed by atoms with Gasteiger partial charge in [-0.05, 0) is 43.2 Å². The van der Waals surface area contributed by atoms with Gasteiger partial charge in [0.2, 0.25) is 0 Å². The molecule has 0 bridgehead atoms. The van der Waals surface area contributed by atoms with Crippen LogP contribution in [-0.2, 0) is 0 Å². The van der Waals surface area contributed by atoms with E-state index in [1.807, 2.05) is 24.3 Å². The van der Waals surface area contributed by atoms with Gasteiger partial charge >= 0.3 is 0 Å². The van der Waals surface area contributed by atoms with Gasteiger partial charge in [-0.1, -0.05) is 12.1 Å². The topological polar surface area (TPSA) is 58.2 Å². The van der Waals surface area contributed by atoms with Gasteiger partial charge in [-0.2, -0.15) is 0 Å². The Kier molecular flexibility index (Phi) is 4.32. The lowest BCUT2D eigenvalue weighted by Gasteiger charge is -2.31. The zero-order valence-corrected chi connectivity index (χ0v) is 14.5. The predicted octanol–water partition coefficient (Wildman–Crippen LogP) is 3.73. The van der Waals surface area contributed by atoms with E-state index in [0.29, 0.717) is 24.8 Å². The zero-order valence-electron chi connectivity index (χ0n) is 14.5. The second-order valence-corrected chi connectivity index (χ2v) is 6.55. The van der Waals surface area contributed by atoms with Crippen LogP contribution in [-0.4, -0.2) is 41.0 Å². The Bertz CT molecular complexity index is 912. The number of para-hydroxylation sites is 2. The van der Waals surface area contributed by atoms with Crippen molar-refractivity contribution >= 4 is 16.9 Å². The Balaban J connectivity index is 1.48. The lowest BCUT2D eigenvalue weighted by Crippen LogP contribution is -2.38. The maximum absolute atomic E-state index is 13.6. The molecule has 0 saturated carbocycles. The molecule has 5 nitrogen and oxygen atoms in total. The van der Waals surface area contributed by atoms with E-state index >= 15 is 0 Å². The molecule has 2 heterocycles. The first-order valence-electron chi connectivity index (χ1n) is 8.73. The number of carbonyl (C=O) groups is 1. The van der Waals surface area contributed by atoms with Crippen LogP contribution in [0.25, 0.3) is 11.0 Å². The number of H-pyrrole nitrogens is 1. The largest absolute Gasteiger partial charge is 0.496 e. The molecule has 1 N–H and O–H groups in total. The number of imidazole rings is 1. The molecule has 0 radical (unpaired) electrons. The van der Waals surface area contributed by atoms with E-state index in [2.05, 4.69) is 9.97 Å². The van der Waals surface area contributed by atoms with E-state index in [9.17, 15) is 9.18 Å². The van der Waals surface area contributed by atoms with Crippen molar-refractivity contribution in [2.45, 2.75) is 18.8 Å². The summed E-state index contributed by atoms with van der Waals surface area (Å²) >= 11 is 0. The normalized spacial score (nSPS) is 15.4. The average Bonchev–Trinajstić information content (AvgIpc) is 3.12. The summed E-state index contributed by atoms with van der Waals surface area (Å²) in [4.78, 5) is 22.6. The molecule has 1 amide bonds.